The van der Waals surface area contributed by atoms with E-state index in [1.54, 1.807) is 0 Å². The molecule has 0 unspecified atom stereocenters. The second-order valence-electron chi connectivity index (χ2n) is 3.01. The van der Waals surface area contributed by atoms with Crippen LogP contribution in [0.1, 0.15) is 21.0 Å². The van der Waals surface area contributed by atoms with Crippen LogP contribution in [0.25, 0.3) is 0 Å². The van der Waals surface area contributed by atoms with Crippen molar-refractivity contribution in [2.45, 2.75) is 0 Å². The molecule has 0 atom stereocenters. The van der Waals surface area contributed by atoms with E-state index in [2.05, 4.69) is 14.3 Å². The van der Waals surface area contributed by atoms with Crippen LogP contribution in [0.4, 0.5) is 0 Å². The Morgan fingerprint density at radius 1 is 1.53 bits per heavy atom. The number of carbonyl (C=O) groups excluding carboxylic acids is 1. The smallest absolute Gasteiger partial charge is 0.354 e. The fraction of sp³-hybridized carbons (Fsp3) is 0.286. The van der Waals surface area contributed by atoms with E-state index in [9.17, 15) is 13.8 Å². The van der Waals surface area contributed by atoms with Gasteiger partial charge in [-0.2, -0.15) is 4.36 Å². The Morgan fingerprint density at radius 2 is 2.13 bits per heavy atom. The molecule has 2 N–H and O–H groups in total. The lowest BCUT2D eigenvalue weighted by atomic mass is 10.3. The summed E-state index contributed by atoms with van der Waals surface area (Å²) in [5.41, 5.74) is -0.689. The van der Waals surface area contributed by atoms with Crippen molar-refractivity contribution in [1.29, 1.82) is 0 Å². The van der Waals surface area contributed by atoms with E-state index in [0.717, 1.165) is 6.33 Å². The van der Waals surface area contributed by atoms with E-state index in [1.807, 2.05) is 0 Å². The van der Waals surface area contributed by atoms with Gasteiger partial charge >= 0.3 is 11.9 Å². The molecule has 0 aliphatic rings. The highest BCUT2D eigenvalue weighted by Gasteiger charge is 2.19. The molecule has 0 fully saturated rings. The summed E-state index contributed by atoms with van der Waals surface area (Å²) in [6, 6.07) is 0. The van der Waals surface area contributed by atoms with Crippen molar-refractivity contribution < 1.29 is 18.9 Å². The molecule has 0 saturated heterocycles. The van der Waals surface area contributed by atoms with E-state index >= 15 is 0 Å². The van der Waals surface area contributed by atoms with Gasteiger partial charge in [0.15, 0.2) is 11.4 Å². The maximum absolute atomic E-state index is 11.4. The van der Waals surface area contributed by atoms with Crippen molar-refractivity contribution in [3.8, 4) is 0 Å². The van der Waals surface area contributed by atoms with Gasteiger partial charge in [0.05, 0.1) is 6.33 Å². The van der Waals surface area contributed by atoms with E-state index in [1.165, 1.54) is 12.5 Å². The first kappa shape index (κ1) is 11.4. The highest BCUT2D eigenvalue weighted by molar-refractivity contribution is 7.92. The number of carboxylic acid groups (broad SMARTS) is 1. The topological polar surface area (TPSA) is 112 Å². The Balaban J connectivity index is 3.19. The van der Waals surface area contributed by atoms with Crippen LogP contribution in [-0.4, -0.2) is 43.7 Å². The molecule has 0 bridgehead atoms. The van der Waals surface area contributed by atoms with Gasteiger partial charge in [-0.15, -0.1) is 0 Å². The summed E-state index contributed by atoms with van der Waals surface area (Å²) < 4.78 is 14.5. The van der Waals surface area contributed by atoms with Gasteiger partial charge in [-0.1, -0.05) is 0 Å². The quantitative estimate of drug-likeness (QED) is 0.742. The third kappa shape index (κ3) is 2.88. The number of nitrogens with zero attached hydrogens (tertiary/aromatic N) is 2. The van der Waals surface area contributed by atoms with Crippen LogP contribution in [0, 0.1) is 0 Å². The molecule has 8 heteroatoms. The average Bonchev–Trinajstić information content (AvgIpc) is 2.47. The molecule has 0 aromatic carbocycles. The molecule has 1 amide bonds. The highest BCUT2D eigenvalue weighted by atomic mass is 32.2. The number of imidazole rings is 1. The average molecular weight is 231 g/mol. The zero-order valence-electron chi connectivity index (χ0n) is 8.05. The first-order valence-electron chi connectivity index (χ1n) is 3.79. The largest absolute Gasteiger partial charge is 0.477 e. The second-order valence-corrected chi connectivity index (χ2v) is 5.55. The van der Waals surface area contributed by atoms with Crippen LogP contribution in [0.5, 0.6) is 0 Å². The lowest BCUT2D eigenvalue weighted by Gasteiger charge is -1.94. The zero-order valence-corrected chi connectivity index (χ0v) is 8.87. The Labute approximate surface area is 85.7 Å². The molecule has 7 nitrogen and oxygen atoms in total. The molecule has 1 aromatic heterocycles. The molecule has 0 spiro atoms. The lowest BCUT2D eigenvalue weighted by Crippen LogP contribution is -2.08. The Bertz CT molecular complexity index is 516. The summed E-state index contributed by atoms with van der Waals surface area (Å²) in [5.74, 6) is -2.21. The first-order valence-corrected chi connectivity index (χ1v) is 6.12. The zero-order chi connectivity index (χ0) is 11.6. The fourth-order valence-corrected chi connectivity index (χ4v) is 1.35. The van der Waals surface area contributed by atoms with E-state index in [0.29, 0.717) is 0 Å². The van der Waals surface area contributed by atoms with Crippen molar-refractivity contribution in [3.63, 3.8) is 0 Å². The maximum Gasteiger partial charge on any atom is 0.354 e. The van der Waals surface area contributed by atoms with Crippen LogP contribution in [0.3, 0.4) is 0 Å². The SMILES string of the molecule is CS(C)(=O)=NC(=O)c1nc[nH]c1C(=O)O. The Kier molecular flexibility index (Phi) is 2.89. The minimum Gasteiger partial charge on any atom is -0.477 e. The number of hydrogen-bond acceptors (Lipinski definition) is 4. The molecular weight excluding hydrogens is 222 g/mol. The number of rotatable bonds is 2. The van der Waals surface area contributed by atoms with Crippen LogP contribution in [-0.2, 0) is 9.73 Å². The molecular formula is C7H9N3O4S. The Morgan fingerprint density at radius 3 is 2.60 bits per heavy atom. The summed E-state index contributed by atoms with van der Waals surface area (Å²) in [7, 11) is -2.61. The maximum atomic E-state index is 11.4. The third-order valence-corrected chi connectivity index (χ3v) is 1.96. The van der Waals surface area contributed by atoms with E-state index < -0.39 is 21.6 Å². The molecule has 15 heavy (non-hydrogen) atoms. The third-order valence-electron chi connectivity index (χ3n) is 1.36. The number of aromatic nitrogens is 2. The number of H-pyrrole nitrogens is 1. The minimum absolute atomic E-state index is 0.334. The number of aromatic carboxylic acids is 1. The van der Waals surface area contributed by atoms with Gasteiger partial charge in [-0.3, -0.25) is 4.79 Å². The number of aromatic amines is 1. The number of nitrogens with one attached hydrogen (secondary N) is 1. The molecule has 0 aliphatic heterocycles. The summed E-state index contributed by atoms with van der Waals surface area (Å²) in [6.45, 7) is 0. The van der Waals surface area contributed by atoms with Gasteiger partial charge in [0.1, 0.15) is 0 Å². The molecule has 0 saturated carbocycles. The fourth-order valence-electron chi connectivity index (χ4n) is 0.862. The number of amides is 1. The standard InChI is InChI=1S/C7H9N3O4S/c1-15(2,14)10-6(11)4-5(7(12)13)9-3-8-4/h3H,1-2H3,(H,8,9)(H,12,13). The monoisotopic (exact) mass is 231 g/mol. The summed E-state index contributed by atoms with van der Waals surface area (Å²) >= 11 is 0. The second kappa shape index (κ2) is 3.81. The lowest BCUT2D eigenvalue weighted by molar-refractivity contribution is 0.0686. The summed E-state index contributed by atoms with van der Waals surface area (Å²) in [5, 5.41) is 8.67. The normalized spacial score (nSPS) is 11.1. The van der Waals surface area contributed by atoms with Crippen molar-refractivity contribution in [2.24, 2.45) is 4.36 Å². The van der Waals surface area contributed by atoms with Crippen LogP contribution >= 0.6 is 0 Å². The van der Waals surface area contributed by atoms with Gasteiger partial charge in [0.2, 0.25) is 0 Å². The van der Waals surface area contributed by atoms with Gasteiger partial charge in [-0.25, -0.2) is 14.0 Å². The van der Waals surface area contributed by atoms with Crippen molar-refractivity contribution in [2.75, 3.05) is 12.5 Å². The molecule has 1 aromatic rings. The Hall–Kier alpha value is -1.70. The van der Waals surface area contributed by atoms with Crippen LogP contribution in [0.2, 0.25) is 0 Å². The van der Waals surface area contributed by atoms with Gasteiger partial charge in [0.25, 0.3) is 0 Å². The summed E-state index contributed by atoms with van der Waals surface area (Å²) in [4.78, 5) is 27.8. The minimum atomic E-state index is -2.61. The highest BCUT2D eigenvalue weighted by Crippen LogP contribution is 2.05. The van der Waals surface area contributed by atoms with Gasteiger partial charge in [-0.05, 0) is 0 Å². The molecule has 1 heterocycles. The molecule has 0 aliphatic carbocycles. The van der Waals surface area contributed by atoms with Gasteiger partial charge < -0.3 is 10.1 Å². The molecule has 0 radical (unpaired) electrons. The van der Waals surface area contributed by atoms with Crippen molar-refractivity contribution >= 4 is 21.6 Å². The summed E-state index contributed by atoms with van der Waals surface area (Å²) in [6.07, 6.45) is 3.62. The first-order chi connectivity index (χ1) is 6.81. The predicted molar refractivity (Wildman–Crippen MR) is 52.3 cm³/mol. The number of hydrogen-bond donors (Lipinski definition) is 2. The van der Waals surface area contributed by atoms with Crippen LogP contribution < -0.4 is 0 Å². The number of carbonyl (C=O) groups is 2. The molecule has 1 rings (SSSR count). The van der Waals surface area contributed by atoms with Crippen molar-refractivity contribution in [3.05, 3.63) is 17.7 Å². The van der Waals surface area contributed by atoms with Gasteiger partial charge in [0, 0.05) is 22.2 Å². The van der Waals surface area contributed by atoms with E-state index in [4.69, 9.17) is 5.11 Å². The number of carboxylic acids is 1. The van der Waals surface area contributed by atoms with Crippen molar-refractivity contribution in [1.82, 2.24) is 9.97 Å². The van der Waals surface area contributed by atoms with E-state index in [-0.39, 0.29) is 11.4 Å². The molecule has 82 valence electrons. The van der Waals surface area contributed by atoms with Crippen LogP contribution in [0.15, 0.2) is 10.7 Å². The predicted octanol–water partition coefficient (Wildman–Crippen LogP) is -0.0243.